The van der Waals surface area contributed by atoms with Crippen LogP contribution in [0.5, 0.6) is 0 Å². The van der Waals surface area contributed by atoms with Crippen molar-refractivity contribution in [2.75, 3.05) is 11.6 Å². The van der Waals surface area contributed by atoms with Crippen molar-refractivity contribution in [2.45, 2.75) is 6.54 Å². The van der Waals surface area contributed by atoms with Gasteiger partial charge in [0.25, 0.3) is 5.91 Å². The fourth-order valence-electron chi connectivity index (χ4n) is 2.04. The molecule has 0 heterocycles. The van der Waals surface area contributed by atoms with Crippen molar-refractivity contribution >= 4 is 27.6 Å². The van der Waals surface area contributed by atoms with E-state index in [-0.39, 0.29) is 17.7 Å². The second-order valence-electron chi connectivity index (χ2n) is 5.10. The molecule has 0 aliphatic heterocycles. The van der Waals surface area contributed by atoms with Crippen molar-refractivity contribution in [2.24, 2.45) is 0 Å². The Hall–Kier alpha value is -2.71. The summed E-state index contributed by atoms with van der Waals surface area (Å²) in [5.41, 5.74) is 1.05. The van der Waals surface area contributed by atoms with E-state index in [1.54, 1.807) is 30.3 Å². The third-order valence-electron chi connectivity index (χ3n) is 3.13. The van der Waals surface area contributed by atoms with Gasteiger partial charge in [0, 0.05) is 12.2 Å². The zero-order chi connectivity index (χ0) is 17.7. The molecule has 0 unspecified atom stereocenters. The van der Waals surface area contributed by atoms with Crippen LogP contribution in [0.1, 0.15) is 26.3 Å². The Morgan fingerprint density at radius 1 is 1.04 bits per heavy atom. The molecule has 0 aliphatic carbocycles. The van der Waals surface area contributed by atoms with Crippen LogP contribution in [0.25, 0.3) is 0 Å². The fourth-order valence-corrected chi connectivity index (χ4v) is 2.47. The van der Waals surface area contributed by atoms with Crippen molar-refractivity contribution in [3.63, 3.8) is 0 Å². The van der Waals surface area contributed by atoms with E-state index in [1.165, 1.54) is 18.2 Å². The number of carbonyl (C=O) groups excluding carboxylic acids is 1. The van der Waals surface area contributed by atoms with Crippen LogP contribution >= 0.6 is 0 Å². The summed E-state index contributed by atoms with van der Waals surface area (Å²) in [7, 11) is -3.32. The van der Waals surface area contributed by atoms with Gasteiger partial charge in [-0.2, -0.15) is 0 Å². The zero-order valence-electron chi connectivity index (χ0n) is 12.8. The summed E-state index contributed by atoms with van der Waals surface area (Å²) < 4.78 is 24.6. The van der Waals surface area contributed by atoms with Crippen LogP contribution in [0.15, 0.2) is 48.5 Å². The number of sulfonamides is 1. The van der Waals surface area contributed by atoms with E-state index in [0.29, 0.717) is 11.3 Å². The molecule has 0 spiro atoms. The lowest BCUT2D eigenvalue weighted by atomic mass is 10.1. The van der Waals surface area contributed by atoms with E-state index in [9.17, 15) is 18.0 Å². The quantitative estimate of drug-likeness (QED) is 0.735. The Morgan fingerprint density at radius 3 is 2.33 bits per heavy atom. The second-order valence-corrected chi connectivity index (χ2v) is 6.93. The van der Waals surface area contributed by atoms with Crippen molar-refractivity contribution in [3.05, 3.63) is 65.2 Å². The maximum Gasteiger partial charge on any atom is 0.336 e. The topological polar surface area (TPSA) is 113 Å². The van der Waals surface area contributed by atoms with Gasteiger partial charge in [-0.3, -0.25) is 4.79 Å². The van der Waals surface area contributed by atoms with Gasteiger partial charge in [0.1, 0.15) is 0 Å². The molecule has 0 aromatic heterocycles. The minimum Gasteiger partial charge on any atom is -0.478 e. The van der Waals surface area contributed by atoms with Crippen LogP contribution in [-0.2, 0) is 16.6 Å². The number of carboxylic acids is 1. The van der Waals surface area contributed by atoms with Crippen LogP contribution < -0.4 is 10.0 Å². The van der Waals surface area contributed by atoms with E-state index in [2.05, 4.69) is 10.0 Å². The molecule has 2 rings (SSSR count). The largest absolute Gasteiger partial charge is 0.478 e. The van der Waals surface area contributed by atoms with E-state index in [0.717, 1.165) is 6.26 Å². The summed E-state index contributed by atoms with van der Waals surface area (Å²) in [6, 6.07) is 12.5. The highest BCUT2D eigenvalue weighted by atomic mass is 32.2. The van der Waals surface area contributed by atoms with Gasteiger partial charge in [-0.1, -0.05) is 24.3 Å². The third kappa shape index (κ3) is 4.90. The predicted molar refractivity (Wildman–Crippen MR) is 89.5 cm³/mol. The van der Waals surface area contributed by atoms with Crippen molar-refractivity contribution in [3.8, 4) is 0 Å². The SMILES string of the molecule is CS(=O)(=O)NCc1cccc(NC(=O)c2ccccc2C(=O)O)c1. The van der Waals surface area contributed by atoms with Crippen LogP contribution in [0, 0.1) is 0 Å². The molecule has 0 bridgehead atoms. The fraction of sp³-hybridized carbons (Fsp3) is 0.125. The summed E-state index contributed by atoms with van der Waals surface area (Å²) in [5.74, 6) is -1.74. The molecule has 1 amide bonds. The van der Waals surface area contributed by atoms with Gasteiger partial charge in [-0.05, 0) is 29.8 Å². The molecule has 0 saturated carbocycles. The zero-order valence-corrected chi connectivity index (χ0v) is 13.6. The number of nitrogens with one attached hydrogen (secondary N) is 2. The number of hydrogen-bond donors (Lipinski definition) is 3. The average molecular weight is 348 g/mol. The Labute approximate surface area is 139 Å². The lowest BCUT2D eigenvalue weighted by Crippen LogP contribution is -2.21. The molecule has 3 N–H and O–H groups in total. The van der Waals surface area contributed by atoms with Crippen molar-refractivity contribution in [1.82, 2.24) is 4.72 Å². The van der Waals surface area contributed by atoms with Crippen LogP contribution in [-0.4, -0.2) is 31.7 Å². The summed E-state index contributed by atoms with van der Waals surface area (Å²) in [4.78, 5) is 23.4. The van der Waals surface area contributed by atoms with Gasteiger partial charge in [0.15, 0.2) is 0 Å². The maximum absolute atomic E-state index is 12.3. The average Bonchev–Trinajstić information content (AvgIpc) is 2.52. The summed E-state index contributed by atoms with van der Waals surface area (Å²) in [5, 5.41) is 11.7. The minimum absolute atomic E-state index is 0.0460. The first-order chi connectivity index (χ1) is 11.3. The first-order valence-electron chi connectivity index (χ1n) is 6.93. The van der Waals surface area contributed by atoms with Gasteiger partial charge < -0.3 is 10.4 Å². The summed E-state index contributed by atoms with van der Waals surface area (Å²) in [6.07, 6.45) is 1.06. The predicted octanol–water partition coefficient (Wildman–Crippen LogP) is 1.69. The molecule has 0 saturated heterocycles. The molecule has 126 valence electrons. The second kappa shape index (κ2) is 7.24. The summed E-state index contributed by atoms with van der Waals surface area (Å²) >= 11 is 0. The van der Waals surface area contributed by atoms with Crippen molar-refractivity contribution < 1.29 is 23.1 Å². The Morgan fingerprint density at radius 2 is 1.71 bits per heavy atom. The first kappa shape index (κ1) is 17.6. The third-order valence-corrected chi connectivity index (χ3v) is 3.79. The molecular formula is C16H16N2O5S. The number of aromatic carboxylic acids is 1. The number of carbonyl (C=O) groups is 2. The van der Waals surface area contributed by atoms with Gasteiger partial charge in [-0.25, -0.2) is 17.9 Å². The van der Waals surface area contributed by atoms with Gasteiger partial charge in [0.2, 0.25) is 10.0 Å². The van der Waals surface area contributed by atoms with Crippen molar-refractivity contribution in [1.29, 1.82) is 0 Å². The van der Waals surface area contributed by atoms with E-state index >= 15 is 0 Å². The Bertz CT molecular complexity index is 878. The highest BCUT2D eigenvalue weighted by Gasteiger charge is 2.15. The lowest BCUT2D eigenvalue weighted by Gasteiger charge is -2.09. The summed E-state index contributed by atoms with van der Waals surface area (Å²) in [6.45, 7) is 0.0915. The standard InChI is InChI=1S/C16H16N2O5S/c1-24(22,23)17-10-11-5-4-6-12(9-11)18-15(19)13-7-2-3-8-14(13)16(20)21/h2-9,17H,10H2,1H3,(H,18,19)(H,20,21). The molecular weight excluding hydrogens is 332 g/mol. The maximum atomic E-state index is 12.3. The lowest BCUT2D eigenvalue weighted by molar-refractivity contribution is 0.0692. The molecule has 0 aliphatic rings. The Kier molecular flexibility index (Phi) is 5.32. The van der Waals surface area contributed by atoms with E-state index < -0.39 is 21.9 Å². The highest BCUT2D eigenvalue weighted by molar-refractivity contribution is 7.88. The number of benzene rings is 2. The number of rotatable bonds is 6. The highest BCUT2D eigenvalue weighted by Crippen LogP contribution is 2.15. The van der Waals surface area contributed by atoms with Gasteiger partial charge >= 0.3 is 5.97 Å². The van der Waals surface area contributed by atoms with E-state index in [4.69, 9.17) is 5.11 Å². The van der Waals surface area contributed by atoms with Crippen LogP contribution in [0.3, 0.4) is 0 Å². The molecule has 0 fully saturated rings. The molecule has 0 atom stereocenters. The molecule has 7 nitrogen and oxygen atoms in total. The molecule has 8 heteroatoms. The van der Waals surface area contributed by atoms with Gasteiger partial charge in [0.05, 0.1) is 17.4 Å². The number of carboxylic acid groups (broad SMARTS) is 1. The van der Waals surface area contributed by atoms with E-state index in [1.807, 2.05) is 0 Å². The molecule has 2 aromatic carbocycles. The molecule has 2 aromatic rings. The normalized spacial score (nSPS) is 11.0. The Balaban J connectivity index is 2.17. The smallest absolute Gasteiger partial charge is 0.336 e. The molecule has 0 radical (unpaired) electrons. The number of hydrogen-bond acceptors (Lipinski definition) is 4. The monoisotopic (exact) mass is 348 g/mol. The van der Waals surface area contributed by atoms with Crippen LogP contribution in [0.4, 0.5) is 5.69 Å². The molecule has 24 heavy (non-hydrogen) atoms. The number of amides is 1. The van der Waals surface area contributed by atoms with Crippen LogP contribution in [0.2, 0.25) is 0 Å². The van der Waals surface area contributed by atoms with Gasteiger partial charge in [-0.15, -0.1) is 0 Å². The first-order valence-corrected chi connectivity index (χ1v) is 8.82. The minimum atomic E-state index is -3.32. The number of anilines is 1.